The van der Waals surface area contributed by atoms with Crippen LogP contribution in [0.4, 0.5) is 10.1 Å². The molecule has 5 nitrogen and oxygen atoms in total. The quantitative estimate of drug-likeness (QED) is 0.602. The van der Waals surface area contributed by atoms with E-state index in [1.165, 1.54) is 13.8 Å². The van der Waals surface area contributed by atoms with Crippen molar-refractivity contribution in [2.45, 2.75) is 13.8 Å². The van der Waals surface area contributed by atoms with Gasteiger partial charge in [-0.3, -0.25) is 10.1 Å². The molecule has 0 atom stereocenters. The van der Waals surface area contributed by atoms with Gasteiger partial charge in [0.15, 0.2) is 0 Å². The van der Waals surface area contributed by atoms with Gasteiger partial charge in [0.1, 0.15) is 11.4 Å². The van der Waals surface area contributed by atoms with Crippen LogP contribution in [-0.4, -0.2) is 16.0 Å². The first-order valence-electron chi connectivity index (χ1n) is 4.03. The summed E-state index contributed by atoms with van der Waals surface area (Å²) in [6.45, 7) is 2.50. The van der Waals surface area contributed by atoms with E-state index in [9.17, 15) is 19.3 Å². The third-order valence-electron chi connectivity index (χ3n) is 2.09. The summed E-state index contributed by atoms with van der Waals surface area (Å²) in [6.07, 6.45) is 0. The van der Waals surface area contributed by atoms with Gasteiger partial charge in [-0.25, -0.2) is 9.18 Å². The van der Waals surface area contributed by atoms with E-state index in [1.54, 1.807) is 0 Å². The summed E-state index contributed by atoms with van der Waals surface area (Å²) in [4.78, 5) is 20.5. The van der Waals surface area contributed by atoms with Crippen LogP contribution in [0.3, 0.4) is 0 Å². The molecule has 1 aromatic carbocycles. The van der Waals surface area contributed by atoms with Crippen LogP contribution >= 0.6 is 0 Å². The molecular weight excluding hydrogens is 205 g/mol. The molecule has 1 N–H and O–H groups in total. The number of halogens is 1. The molecule has 0 bridgehead atoms. The summed E-state index contributed by atoms with van der Waals surface area (Å²) in [5.41, 5.74) is -1.24. The molecule has 1 aromatic rings. The molecule has 0 fully saturated rings. The van der Waals surface area contributed by atoms with Gasteiger partial charge >= 0.3 is 5.97 Å². The highest BCUT2D eigenvalue weighted by Crippen LogP contribution is 2.26. The summed E-state index contributed by atoms with van der Waals surface area (Å²) in [7, 11) is 0. The van der Waals surface area contributed by atoms with Crippen LogP contribution in [0.15, 0.2) is 6.07 Å². The van der Waals surface area contributed by atoms with Crippen molar-refractivity contribution in [3.05, 3.63) is 38.7 Å². The summed E-state index contributed by atoms with van der Waals surface area (Å²) < 4.78 is 13.4. The number of carbonyl (C=O) groups is 1. The minimum absolute atomic E-state index is 0.0512. The normalized spacial score (nSPS) is 10.1. The third-order valence-corrected chi connectivity index (χ3v) is 2.09. The smallest absolute Gasteiger partial charge is 0.339 e. The van der Waals surface area contributed by atoms with Crippen molar-refractivity contribution in [3.63, 3.8) is 0 Å². The van der Waals surface area contributed by atoms with E-state index in [0.717, 1.165) is 6.07 Å². The average molecular weight is 213 g/mol. The number of nitro benzene ring substituents is 1. The fourth-order valence-electron chi connectivity index (χ4n) is 1.31. The third kappa shape index (κ3) is 1.78. The number of hydrogen-bond acceptors (Lipinski definition) is 3. The van der Waals surface area contributed by atoms with Gasteiger partial charge in [-0.2, -0.15) is 0 Å². The number of rotatable bonds is 2. The van der Waals surface area contributed by atoms with E-state index in [-0.39, 0.29) is 16.8 Å². The first-order valence-corrected chi connectivity index (χ1v) is 4.03. The van der Waals surface area contributed by atoms with Crippen LogP contribution in [0.5, 0.6) is 0 Å². The van der Waals surface area contributed by atoms with E-state index >= 15 is 0 Å². The maximum Gasteiger partial charge on any atom is 0.339 e. The highest BCUT2D eigenvalue weighted by molar-refractivity contribution is 5.91. The lowest BCUT2D eigenvalue weighted by atomic mass is 10.0. The van der Waals surface area contributed by atoms with E-state index in [2.05, 4.69) is 0 Å². The monoisotopic (exact) mass is 213 g/mol. The maximum absolute atomic E-state index is 13.4. The standard InChI is InChI=1S/C9H8FNO4/c1-4-3-6(11(14)15)5(2)7(8(4)10)9(12)13/h3H,1-2H3,(H,12,13). The van der Waals surface area contributed by atoms with E-state index in [4.69, 9.17) is 5.11 Å². The van der Waals surface area contributed by atoms with E-state index in [0.29, 0.717) is 0 Å². The molecule has 0 unspecified atom stereocenters. The van der Waals surface area contributed by atoms with Crippen LogP contribution in [0.2, 0.25) is 0 Å². The Labute approximate surface area is 84.3 Å². The number of aromatic carboxylic acids is 1. The average Bonchev–Trinajstić information content (AvgIpc) is 2.10. The van der Waals surface area contributed by atoms with Gasteiger partial charge in [0.05, 0.1) is 4.92 Å². The fourth-order valence-corrected chi connectivity index (χ4v) is 1.31. The van der Waals surface area contributed by atoms with E-state index < -0.39 is 22.3 Å². The molecule has 0 radical (unpaired) electrons. The molecule has 80 valence electrons. The molecular formula is C9H8FNO4. The molecule has 0 aliphatic rings. The molecule has 0 saturated heterocycles. The number of benzene rings is 1. The topological polar surface area (TPSA) is 80.4 Å². The number of hydrogen-bond donors (Lipinski definition) is 1. The highest BCUT2D eigenvalue weighted by Gasteiger charge is 2.24. The molecule has 0 saturated carbocycles. The first kappa shape index (κ1) is 11.1. The highest BCUT2D eigenvalue weighted by atomic mass is 19.1. The lowest BCUT2D eigenvalue weighted by molar-refractivity contribution is -0.385. The van der Waals surface area contributed by atoms with Crippen molar-refractivity contribution in [1.29, 1.82) is 0 Å². The van der Waals surface area contributed by atoms with Crippen LogP contribution in [0.25, 0.3) is 0 Å². The summed E-state index contributed by atoms with van der Waals surface area (Å²) in [6, 6.07) is 1.02. The van der Waals surface area contributed by atoms with Crippen LogP contribution < -0.4 is 0 Å². The predicted octanol–water partition coefficient (Wildman–Crippen LogP) is 2.05. The Morgan fingerprint density at radius 3 is 2.47 bits per heavy atom. The molecule has 1 rings (SSSR count). The largest absolute Gasteiger partial charge is 0.478 e. The molecule has 0 spiro atoms. The molecule has 0 aromatic heterocycles. The molecule has 6 heteroatoms. The van der Waals surface area contributed by atoms with Crippen LogP contribution in [0, 0.1) is 29.8 Å². The zero-order chi connectivity index (χ0) is 11.7. The van der Waals surface area contributed by atoms with Crippen LogP contribution in [-0.2, 0) is 0 Å². The predicted molar refractivity (Wildman–Crippen MR) is 49.5 cm³/mol. The van der Waals surface area contributed by atoms with Crippen molar-refractivity contribution in [2.24, 2.45) is 0 Å². The van der Waals surface area contributed by atoms with Crippen molar-refractivity contribution < 1.29 is 19.2 Å². The number of carboxylic acid groups (broad SMARTS) is 1. The Balaban J connectivity index is 3.63. The Hall–Kier alpha value is -1.98. The van der Waals surface area contributed by atoms with Crippen molar-refractivity contribution in [2.75, 3.05) is 0 Å². The van der Waals surface area contributed by atoms with Gasteiger partial charge in [0.2, 0.25) is 0 Å². The summed E-state index contributed by atoms with van der Waals surface area (Å²) in [5, 5.41) is 19.3. The maximum atomic E-state index is 13.4. The van der Waals surface area contributed by atoms with Gasteiger partial charge in [0.25, 0.3) is 5.69 Å². The second-order valence-electron chi connectivity index (χ2n) is 3.09. The first-order chi connectivity index (χ1) is 6.86. The fraction of sp³-hybridized carbons (Fsp3) is 0.222. The second-order valence-corrected chi connectivity index (χ2v) is 3.09. The molecule has 0 heterocycles. The van der Waals surface area contributed by atoms with Gasteiger partial charge in [-0.15, -0.1) is 0 Å². The SMILES string of the molecule is Cc1cc([N+](=O)[O-])c(C)c(C(=O)O)c1F. The lowest BCUT2D eigenvalue weighted by Crippen LogP contribution is -2.08. The number of carboxylic acids is 1. The second kappa shape index (κ2) is 3.64. The van der Waals surface area contributed by atoms with Crippen molar-refractivity contribution in [1.82, 2.24) is 0 Å². The van der Waals surface area contributed by atoms with Crippen LogP contribution in [0.1, 0.15) is 21.5 Å². The molecule has 15 heavy (non-hydrogen) atoms. The van der Waals surface area contributed by atoms with Gasteiger partial charge < -0.3 is 5.11 Å². The lowest BCUT2D eigenvalue weighted by Gasteiger charge is -2.05. The summed E-state index contributed by atoms with van der Waals surface area (Å²) >= 11 is 0. The van der Waals surface area contributed by atoms with E-state index in [1.807, 2.05) is 0 Å². The summed E-state index contributed by atoms with van der Waals surface area (Å²) in [5.74, 6) is -2.43. The Morgan fingerprint density at radius 1 is 1.53 bits per heavy atom. The Kier molecular flexibility index (Phi) is 2.69. The van der Waals surface area contributed by atoms with Crippen molar-refractivity contribution in [3.8, 4) is 0 Å². The molecule has 0 amide bonds. The minimum atomic E-state index is -1.50. The zero-order valence-corrected chi connectivity index (χ0v) is 8.07. The number of nitrogens with zero attached hydrogens (tertiary/aromatic N) is 1. The van der Waals surface area contributed by atoms with Gasteiger partial charge in [-0.1, -0.05) is 0 Å². The minimum Gasteiger partial charge on any atom is -0.478 e. The molecule has 0 aliphatic carbocycles. The Bertz CT molecular complexity index is 456. The van der Waals surface area contributed by atoms with Gasteiger partial charge in [-0.05, 0) is 19.4 Å². The number of nitro groups is 1. The Morgan fingerprint density at radius 2 is 2.07 bits per heavy atom. The molecule has 0 aliphatic heterocycles. The number of aryl methyl sites for hydroxylation is 1. The van der Waals surface area contributed by atoms with Crippen molar-refractivity contribution >= 4 is 11.7 Å². The zero-order valence-electron chi connectivity index (χ0n) is 8.07. The van der Waals surface area contributed by atoms with Gasteiger partial charge in [0, 0.05) is 11.6 Å².